The number of carbonyl (C=O) groups excluding carboxylic acids is 1. The number of rotatable bonds is 4. The standard InChI is InChI=1S/C17H25N7O2/c1-12-6-15(24-11-19-21-22-24)7-16(13(12)2)20-17(25)18-8-14-9-23(3)4-5-26-10-14/h6-7,11,14H,4-5,8-10H2,1-3H3,(H2,18,20,25)/t14-/m0/s1. The summed E-state index contributed by atoms with van der Waals surface area (Å²) < 4.78 is 7.15. The van der Waals surface area contributed by atoms with Crippen molar-refractivity contribution in [1.29, 1.82) is 0 Å². The quantitative estimate of drug-likeness (QED) is 0.845. The Kier molecular flexibility index (Phi) is 5.79. The SMILES string of the molecule is Cc1cc(-n2cnnn2)cc(NC(=O)NC[C@@H]2COCCN(C)C2)c1C. The molecule has 26 heavy (non-hydrogen) atoms. The Hall–Kier alpha value is -2.52. The first-order valence-electron chi connectivity index (χ1n) is 8.68. The fourth-order valence-corrected chi connectivity index (χ4v) is 2.96. The van der Waals surface area contributed by atoms with Crippen LogP contribution >= 0.6 is 0 Å². The maximum absolute atomic E-state index is 12.4. The van der Waals surface area contributed by atoms with E-state index in [-0.39, 0.29) is 11.9 Å². The molecule has 0 aliphatic carbocycles. The average molecular weight is 359 g/mol. The Balaban J connectivity index is 1.63. The number of urea groups is 1. The Morgan fingerprint density at radius 1 is 1.38 bits per heavy atom. The third kappa shape index (κ3) is 4.55. The zero-order chi connectivity index (χ0) is 18.5. The third-order valence-electron chi connectivity index (χ3n) is 4.61. The lowest BCUT2D eigenvalue weighted by Gasteiger charge is -2.20. The molecule has 140 valence electrons. The molecule has 2 heterocycles. The van der Waals surface area contributed by atoms with E-state index in [9.17, 15) is 4.79 Å². The second-order valence-electron chi connectivity index (χ2n) is 6.73. The molecule has 9 heteroatoms. The van der Waals surface area contributed by atoms with Crippen LogP contribution in [0.15, 0.2) is 18.5 Å². The molecule has 0 spiro atoms. The van der Waals surface area contributed by atoms with Crippen LogP contribution in [-0.4, -0.2) is 71.0 Å². The molecule has 2 amide bonds. The molecule has 0 bridgehead atoms. The van der Waals surface area contributed by atoms with Crippen LogP contribution in [0.1, 0.15) is 11.1 Å². The van der Waals surface area contributed by atoms with E-state index in [1.165, 1.54) is 6.33 Å². The lowest BCUT2D eigenvalue weighted by atomic mass is 10.1. The number of hydrogen-bond acceptors (Lipinski definition) is 6. The molecule has 1 saturated heterocycles. The molecule has 1 aliphatic heterocycles. The first-order chi connectivity index (χ1) is 12.5. The summed E-state index contributed by atoms with van der Waals surface area (Å²) in [5.41, 5.74) is 3.59. The first-order valence-corrected chi connectivity index (χ1v) is 8.68. The van der Waals surface area contributed by atoms with Crippen LogP contribution in [0.5, 0.6) is 0 Å². The summed E-state index contributed by atoms with van der Waals surface area (Å²) in [5.74, 6) is 0.281. The van der Waals surface area contributed by atoms with E-state index in [2.05, 4.69) is 38.1 Å². The number of nitrogens with one attached hydrogen (secondary N) is 2. The Labute approximate surface area is 152 Å². The third-order valence-corrected chi connectivity index (χ3v) is 4.61. The van der Waals surface area contributed by atoms with E-state index in [1.807, 2.05) is 26.0 Å². The number of aromatic nitrogens is 4. The normalized spacial score (nSPS) is 18.3. The second kappa shape index (κ2) is 8.24. The number of tetrazole rings is 1. The summed E-state index contributed by atoms with van der Waals surface area (Å²) in [6.45, 7) is 7.77. The highest BCUT2D eigenvalue weighted by atomic mass is 16.5. The van der Waals surface area contributed by atoms with Crippen molar-refractivity contribution in [3.05, 3.63) is 29.6 Å². The van der Waals surface area contributed by atoms with Gasteiger partial charge in [0.2, 0.25) is 0 Å². The van der Waals surface area contributed by atoms with Crippen molar-refractivity contribution in [3.8, 4) is 5.69 Å². The topological polar surface area (TPSA) is 97.2 Å². The number of ether oxygens (including phenoxy) is 1. The van der Waals surface area contributed by atoms with Crippen LogP contribution in [0, 0.1) is 19.8 Å². The summed E-state index contributed by atoms with van der Waals surface area (Å²) in [6.07, 6.45) is 1.52. The number of anilines is 1. The van der Waals surface area contributed by atoms with Gasteiger partial charge >= 0.3 is 6.03 Å². The maximum atomic E-state index is 12.4. The minimum atomic E-state index is -0.228. The number of hydrogen-bond donors (Lipinski definition) is 2. The van der Waals surface area contributed by atoms with Crippen LogP contribution < -0.4 is 10.6 Å². The number of likely N-dealkylation sites (N-methyl/N-ethyl adjacent to an activating group) is 1. The van der Waals surface area contributed by atoms with E-state index >= 15 is 0 Å². The molecule has 0 unspecified atom stereocenters. The van der Waals surface area contributed by atoms with E-state index in [0.29, 0.717) is 13.2 Å². The van der Waals surface area contributed by atoms with Crippen molar-refractivity contribution in [2.45, 2.75) is 13.8 Å². The molecule has 1 aromatic carbocycles. The van der Waals surface area contributed by atoms with E-state index in [1.54, 1.807) is 4.68 Å². The fourth-order valence-electron chi connectivity index (χ4n) is 2.96. The van der Waals surface area contributed by atoms with Gasteiger partial charge in [-0.15, -0.1) is 5.10 Å². The average Bonchev–Trinajstić information content (AvgIpc) is 3.06. The van der Waals surface area contributed by atoms with E-state index in [0.717, 1.165) is 42.2 Å². The van der Waals surface area contributed by atoms with Crippen LogP contribution in [0.4, 0.5) is 10.5 Å². The molecule has 3 rings (SSSR count). The number of carbonyl (C=O) groups is 1. The smallest absolute Gasteiger partial charge is 0.319 e. The summed E-state index contributed by atoms with van der Waals surface area (Å²) in [7, 11) is 2.07. The summed E-state index contributed by atoms with van der Waals surface area (Å²) in [4.78, 5) is 14.6. The Morgan fingerprint density at radius 2 is 2.23 bits per heavy atom. The largest absolute Gasteiger partial charge is 0.380 e. The molecule has 2 aromatic rings. The monoisotopic (exact) mass is 359 g/mol. The molecule has 1 aromatic heterocycles. The second-order valence-corrected chi connectivity index (χ2v) is 6.73. The van der Waals surface area contributed by atoms with Crippen LogP contribution in [0.25, 0.3) is 5.69 Å². The van der Waals surface area contributed by atoms with Crippen molar-refractivity contribution >= 4 is 11.7 Å². The minimum absolute atomic E-state index is 0.228. The molecule has 0 saturated carbocycles. The number of amides is 2. The lowest BCUT2D eigenvalue weighted by Crippen LogP contribution is -2.38. The van der Waals surface area contributed by atoms with E-state index in [4.69, 9.17) is 4.74 Å². The van der Waals surface area contributed by atoms with Crippen molar-refractivity contribution in [2.75, 3.05) is 45.2 Å². The Bertz CT molecular complexity index is 748. The molecular formula is C17H25N7O2. The zero-order valence-corrected chi connectivity index (χ0v) is 15.4. The molecule has 1 fully saturated rings. The number of nitrogens with zero attached hydrogens (tertiary/aromatic N) is 5. The predicted molar refractivity (Wildman–Crippen MR) is 97.5 cm³/mol. The van der Waals surface area contributed by atoms with Gasteiger partial charge in [-0.3, -0.25) is 0 Å². The molecule has 1 atom stereocenters. The van der Waals surface area contributed by atoms with Gasteiger partial charge in [0.05, 0.1) is 18.9 Å². The van der Waals surface area contributed by atoms with Gasteiger partial charge < -0.3 is 20.3 Å². The summed E-state index contributed by atoms with van der Waals surface area (Å²) in [6, 6.07) is 3.61. The fraction of sp³-hybridized carbons (Fsp3) is 0.529. The van der Waals surface area contributed by atoms with E-state index < -0.39 is 0 Å². The zero-order valence-electron chi connectivity index (χ0n) is 15.4. The van der Waals surface area contributed by atoms with Crippen molar-refractivity contribution in [3.63, 3.8) is 0 Å². The number of aryl methyl sites for hydroxylation is 1. The highest BCUT2D eigenvalue weighted by Gasteiger charge is 2.17. The summed E-state index contributed by atoms with van der Waals surface area (Å²) >= 11 is 0. The van der Waals surface area contributed by atoms with Crippen molar-refractivity contribution < 1.29 is 9.53 Å². The van der Waals surface area contributed by atoms with Gasteiger partial charge in [-0.1, -0.05) is 0 Å². The molecule has 9 nitrogen and oxygen atoms in total. The van der Waals surface area contributed by atoms with Crippen molar-refractivity contribution in [2.24, 2.45) is 5.92 Å². The lowest BCUT2D eigenvalue weighted by molar-refractivity contribution is 0.122. The van der Waals surface area contributed by atoms with Gasteiger partial charge in [0.25, 0.3) is 0 Å². The molecule has 2 N–H and O–H groups in total. The van der Waals surface area contributed by atoms with Crippen LogP contribution in [-0.2, 0) is 4.74 Å². The van der Waals surface area contributed by atoms with Gasteiger partial charge in [-0.05, 0) is 54.6 Å². The van der Waals surface area contributed by atoms with Gasteiger partial charge in [0.15, 0.2) is 0 Å². The number of benzene rings is 1. The molecule has 0 radical (unpaired) electrons. The van der Waals surface area contributed by atoms with Gasteiger partial charge in [0, 0.05) is 31.2 Å². The van der Waals surface area contributed by atoms with Crippen molar-refractivity contribution in [1.82, 2.24) is 30.4 Å². The minimum Gasteiger partial charge on any atom is -0.380 e. The van der Waals surface area contributed by atoms with Gasteiger partial charge in [0.1, 0.15) is 6.33 Å². The van der Waals surface area contributed by atoms with Gasteiger partial charge in [-0.2, -0.15) is 0 Å². The van der Waals surface area contributed by atoms with Crippen LogP contribution in [0.2, 0.25) is 0 Å². The van der Waals surface area contributed by atoms with Crippen LogP contribution in [0.3, 0.4) is 0 Å². The highest BCUT2D eigenvalue weighted by Crippen LogP contribution is 2.23. The highest BCUT2D eigenvalue weighted by molar-refractivity contribution is 5.90. The van der Waals surface area contributed by atoms with Gasteiger partial charge in [-0.25, -0.2) is 9.48 Å². The summed E-state index contributed by atoms with van der Waals surface area (Å²) in [5, 5.41) is 17.1. The predicted octanol–water partition coefficient (Wildman–Crippen LogP) is 0.979. The molecular weight excluding hydrogens is 334 g/mol. The molecule has 1 aliphatic rings. The Morgan fingerprint density at radius 3 is 3.00 bits per heavy atom. The first kappa shape index (κ1) is 18.3. The maximum Gasteiger partial charge on any atom is 0.319 e.